The molecule has 0 N–H and O–H groups in total. The summed E-state index contributed by atoms with van der Waals surface area (Å²) in [7, 11) is 0. The van der Waals surface area contributed by atoms with Gasteiger partial charge >= 0.3 is 41.9 Å². The molecule has 0 radical (unpaired) electrons. The third kappa shape index (κ3) is 1.86. The minimum Gasteiger partial charge on any atom is -0.550 e. The van der Waals surface area contributed by atoms with Crippen LogP contribution in [0.5, 0.6) is 0 Å². The second-order valence-corrected chi connectivity index (χ2v) is 3.63. The Morgan fingerprint density at radius 2 is 1.41 bits per heavy atom. The van der Waals surface area contributed by atoms with Gasteiger partial charge in [0.15, 0.2) is 0 Å². The van der Waals surface area contributed by atoms with Gasteiger partial charge in [-0.05, 0) is 6.92 Å². The van der Waals surface area contributed by atoms with Crippen molar-refractivity contribution in [1.82, 2.24) is 0 Å². The van der Waals surface area contributed by atoms with E-state index in [2.05, 4.69) is 0 Å². The topological polar surface area (TPSA) is 40.1 Å². The van der Waals surface area contributed by atoms with E-state index in [9.17, 15) is 40.6 Å². The van der Waals surface area contributed by atoms with Crippen LogP contribution in [-0.4, -0.2) is 24.0 Å². The molecule has 17 heavy (non-hydrogen) atoms. The zero-order chi connectivity index (χ0) is 13.2. The number of rotatable bonds is 1. The van der Waals surface area contributed by atoms with Crippen LogP contribution in [-0.2, 0) is 4.79 Å². The number of carbonyl (C=O) groups excluding carboxylic acids is 1. The van der Waals surface area contributed by atoms with Crippen LogP contribution in [0.15, 0.2) is 0 Å². The molecule has 1 saturated carbocycles. The molecule has 0 aromatic rings. The first-order valence-corrected chi connectivity index (χ1v) is 3.85. The van der Waals surface area contributed by atoms with Gasteiger partial charge < -0.3 is 9.90 Å². The van der Waals surface area contributed by atoms with Gasteiger partial charge in [-0.25, -0.2) is 4.39 Å². The van der Waals surface area contributed by atoms with Crippen molar-refractivity contribution in [3.63, 3.8) is 0 Å². The number of alkyl halides is 7. The molecule has 0 aromatic carbocycles. The molecule has 2 unspecified atom stereocenters. The minimum absolute atomic E-state index is 0. The van der Waals surface area contributed by atoms with E-state index in [1.54, 1.807) is 0 Å². The maximum absolute atomic E-state index is 13.2. The first kappa shape index (κ1) is 17.0. The molecular weight excluding hydrogens is 272 g/mol. The number of halogens is 7. The standard InChI is InChI=1S/C7H5F7O2.Na/c1-4(8)2(3(15)16)5(4,6(9,10)11)7(12,13)14;/h2H,1H3,(H,15,16);/q;+1/p-1. The van der Waals surface area contributed by atoms with E-state index in [0.717, 1.165) is 0 Å². The Balaban J connectivity index is 0.00000256. The van der Waals surface area contributed by atoms with Gasteiger partial charge in [0.1, 0.15) is 5.67 Å². The summed E-state index contributed by atoms with van der Waals surface area (Å²) in [6, 6.07) is 0. The molecule has 94 valence electrons. The van der Waals surface area contributed by atoms with Crippen molar-refractivity contribution in [2.24, 2.45) is 11.3 Å². The molecule has 1 aliphatic carbocycles. The number of aliphatic carboxylic acids is 1. The quantitative estimate of drug-likeness (QED) is 0.419. The smallest absolute Gasteiger partial charge is 0.550 e. The molecule has 0 heterocycles. The summed E-state index contributed by atoms with van der Waals surface area (Å²) in [6.07, 6.45) is -12.1. The first-order valence-electron chi connectivity index (χ1n) is 3.85. The van der Waals surface area contributed by atoms with Crippen molar-refractivity contribution in [2.75, 3.05) is 0 Å². The van der Waals surface area contributed by atoms with Crippen LogP contribution in [0.3, 0.4) is 0 Å². The normalized spacial score (nSPS) is 31.6. The fourth-order valence-electron chi connectivity index (χ4n) is 2.02. The summed E-state index contributed by atoms with van der Waals surface area (Å²) in [5, 5.41) is 10.1. The van der Waals surface area contributed by atoms with E-state index in [4.69, 9.17) is 0 Å². The Morgan fingerprint density at radius 3 is 1.47 bits per heavy atom. The third-order valence-electron chi connectivity index (χ3n) is 2.79. The fraction of sp³-hybridized carbons (Fsp3) is 0.857. The Kier molecular flexibility index (Phi) is 3.98. The first-order chi connectivity index (χ1) is 6.82. The number of carboxylic acid groups (broad SMARTS) is 1. The maximum atomic E-state index is 13.2. The van der Waals surface area contributed by atoms with E-state index in [1.807, 2.05) is 0 Å². The zero-order valence-corrected chi connectivity index (χ0v) is 10.5. The van der Waals surface area contributed by atoms with E-state index < -0.39 is 35.3 Å². The molecule has 1 fully saturated rings. The predicted molar refractivity (Wildman–Crippen MR) is 32.6 cm³/mol. The van der Waals surface area contributed by atoms with Crippen molar-refractivity contribution in [3.05, 3.63) is 0 Å². The summed E-state index contributed by atoms with van der Waals surface area (Å²) in [5.41, 5.74) is -8.81. The average Bonchev–Trinajstić information content (AvgIpc) is 2.45. The van der Waals surface area contributed by atoms with Crippen LogP contribution >= 0.6 is 0 Å². The summed E-state index contributed by atoms with van der Waals surface area (Å²) in [5.74, 6) is -5.97. The largest absolute Gasteiger partial charge is 1.00 e. The van der Waals surface area contributed by atoms with Gasteiger partial charge in [0.05, 0.1) is 5.92 Å². The summed E-state index contributed by atoms with van der Waals surface area (Å²) < 4.78 is 86.6. The third-order valence-corrected chi connectivity index (χ3v) is 2.79. The second kappa shape index (κ2) is 3.99. The summed E-state index contributed by atoms with van der Waals surface area (Å²) in [4.78, 5) is 10.1. The monoisotopic (exact) mass is 276 g/mol. The van der Waals surface area contributed by atoms with Crippen LogP contribution in [0.4, 0.5) is 30.7 Å². The van der Waals surface area contributed by atoms with Crippen LogP contribution in [0.2, 0.25) is 0 Å². The van der Waals surface area contributed by atoms with E-state index >= 15 is 0 Å². The molecule has 0 bridgehead atoms. The van der Waals surface area contributed by atoms with Crippen LogP contribution in [0.25, 0.3) is 0 Å². The molecule has 1 aliphatic rings. The van der Waals surface area contributed by atoms with E-state index in [0.29, 0.717) is 0 Å². The van der Waals surface area contributed by atoms with Crippen molar-refractivity contribution in [1.29, 1.82) is 0 Å². The van der Waals surface area contributed by atoms with Crippen molar-refractivity contribution < 1.29 is 70.2 Å². The van der Waals surface area contributed by atoms with Gasteiger partial charge in [-0.1, -0.05) is 0 Å². The maximum Gasteiger partial charge on any atom is 1.00 e. The predicted octanol–water partition coefficient (Wildman–Crippen LogP) is -1.79. The van der Waals surface area contributed by atoms with Crippen LogP contribution in [0.1, 0.15) is 6.92 Å². The van der Waals surface area contributed by atoms with Crippen LogP contribution < -0.4 is 34.7 Å². The molecule has 0 aliphatic heterocycles. The van der Waals surface area contributed by atoms with E-state index in [1.165, 1.54) is 0 Å². The zero-order valence-electron chi connectivity index (χ0n) is 8.54. The van der Waals surface area contributed by atoms with E-state index in [-0.39, 0.29) is 36.5 Å². The van der Waals surface area contributed by atoms with Crippen molar-refractivity contribution in [3.8, 4) is 0 Å². The molecule has 1 rings (SSSR count). The molecule has 0 spiro atoms. The van der Waals surface area contributed by atoms with Crippen molar-refractivity contribution in [2.45, 2.75) is 24.9 Å². The van der Waals surface area contributed by atoms with Gasteiger partial charge in [-0.15, -0.1) is 0 Å². The molecule has 0 amide bonds. The van der Waals surface area contributed by atoms with Gasteiger partial charge in [0.2, 0.25) is 5.41 Å². The Labute approximate surface area is 112 Å². The minimum atomic E-state index is -6.04. The Morgan fingerprint density at radius 1 is 1.12 bits per heavy atom. The van der Waals surface area contributed by atoms with Crippen LogP contribution in [0, 0.1) is 11.3 Å². The Bertz CT molecular complexity index is 318. The number of carbonyl (C=O) groups is 1. The molecule has 0 aromatic heterocycles. The van der Waals surface area contributed by atoms with Crippen molar-refractivity contribution >= 4 is 5.97 Å². The number of carboxylic acids is 1. The van der Waals surface area contributed by atoms with Gasteiger partial charge in [-0.3, -0.25) is 0 Å². The van der Waals surface area contributed by atoms with Gasteiger partial charge in [0, 0.05) is 5.97 Å². The van der Waals surface area contributed by atoms with Gasteiger partial charge in [0.25, 0.3) is 0 Å². The second-order valence-electron chi connectivity index (χ2n) is 3.63. The fourth-order valence-corrected chi connectivity index (χ4v) is 2.02. The summed E-state index contributed by atoms with van der Waals surface area (Å²) in [6.45, 7) is -0.0472. The molecule has 2 atom stereocenters. The molecule has 10 heteroatoms. The summed E-state index contributed by atoms with van der Waals surface area (Å²) >= 11 is 0. The Hall–Kier alpha value is -0.0200. The SMILES string of the molecule is CC1(F)C(C(=O)[O-])C1(C(F)(F)F)C(F)(F)F.[Na+]. The number of hydrogen-bond acceptors (Lipinski definition) is 2. The average molecular weight is 276 g/mol. The number of hydrogen-bond donors (Lipinski definition) is 0. The molecule has 0 saturated heterocycles. The molecule has 2 nitrogen and oxygen atoms in total. The molecular formula is C7H4F7NaO2. The van der Waals surface area contributed by atoms with Gasteiger partial charge in [-0.2, -0.15) is 26.3 Å².